The summed E-state index contributed by atoms with van der Waals surface area (Å²) in [7, 11) is 0. The molecule has 1 aliphatic rings. The molecule has 0 amide bonds. The van der Waals surface area contributed by atoms with Crippen LogP contribution in [0.1, 0.15) is 63.5 Å². The second-order valence-electron chi connectivity index (χ2n) is 7.49. The number of aliphatic imine (C=N–C) groups is 1. The highest BCUT2D eigenvalue weighted by molar-refractivity contribution is 5.98. The summed E-state index contributed by atoms with van der Waals surface area (Å²) >= 11 is 0. The lowest BCUT2D eigenvalue weighted by atomic mass is 9.82. The van der Waals surface area contributed by atoms with Gasteiger partial charge in [0.15, 0.2) is 0 Å². The number of aryl methyl sites for hydroxylation is 1. The normalized spacial score (nSPS) is 21.4. The molecule has 0 aliphatic heterocycles. The summed E-state index contributed by atoms with van der Waals surface area (Å²) in [5, 5.41) is 9.06. The van der Waals surface area contributed by atoms with Crippen molar-refractivity contribution in [1.82, 2.24) is 0 Å². The molecule has 1 aromatic rings. The molecule has 1 aliphatic carbocycles. The van der Waals surface area contributed by atoms with E-state index in [-0.39, 0.29) is 18.2 Å². The van der Waals surface area contributed by atoms with Crippen molar-refractivity contribution in [3.63, 3.8) is 0 Å². The summed E-state index contributed by atoms with van der Waals surface area (Å²) in [4.78, 5) is 15.7. The lowest BCUT2D eigenvalue weighted by Crippen LogP contribution is -2.17. The zero-order chi connectivity index (χ0) is 19.3. The number of halogens is 1. The summed E-state index contributed by atoms with van der Waals surface area (Å²) in [5.74, 6) is -0.297. The summed E-state index contributed by atoms with van der Waals surface area (Å²) in [6, 6.07) is 4.73. The Morgan fingerprint density at radius 1 is 1.38 bits per heavy atom. The van der Waals surface area contributed by atoms with Gasteiger partial charge in [-0.3, -0.25) is 4.79 Å². The first kappa shape index (κ1) is 20.1. The Kier molecular flexibility index (Phi) is 6.95. The van der Waals surface area contributed by atoms with E-state index in [1.165, 1.54) is 18.1 Å². The summed E-state index contributed by atoms with van der Waals surface area (Å²) in [6.45, 7) is 5.82. The minimum atomic E-state index is -0.801. The van der Waals surface area contributed by atoms with Gasteiger partial charge in [0, 0.05) is 17.7 Å². The Morgan fingerprint density at radius 3 is 2.73 bits per heavy atom. The largest absolute Gasteiger partial charge is 0.481 e. The van der Waals surface area contributed by atoms with Crippen LogP contribution in [0.25, 0.3) is 0 Å². The van der Waals surface area contributed by atoms with Crippen LogP contribution in [0.3, 0.4) is 0 Å². The molecule has 3 N–H and O–H groups in total. The van der Waals surface area contributed by atoms with Gasteiger partial charge in [0.05, 0.1) is 0 Å². The number of allylic oxidation sites excluding steroid dienone is 2. The van der Waals surface area contributed by atoms with Crippen molar-refractivity contribution in [2.75, 3.05) is 0 Å². The molecule has 0 aromatic heterocycles. The van der Waals surface area contributed by atoms with Crippen LogP contribution >= 0.6 is 0 Å². The van der Waals surface area contributed by atoms with Crippen LogP contribution in [0, 0.1) is 24.6 Å². The molecule has 5 heteroatoms. The van der Waals surface area contributed by atoms with Crippen molar-refractivity contribution in [2.24, 2.45) is 22.6 Å². The highest BCUT2D eigenvalue weighted by Gasteiger charge is 2.21. The molecular formula is C21H29FN2O2. The van der Waals surface area contributed by atoms with Gasteiger partial charge in [0.2, 0.25) is 0 Å². The van der Waals surface area contributed by atoms with E-state index in [0.29, 0.717) is 29.3 Å². The van der Waals surface area contributed by atoms with E-state index >= 15 is 0 Å². The van der Waals surface area contributed by atoms with Gasteiger partial charge < -0.3 is 10.8 Å². The molecule has 0 radical (unpaired) electrons. The molecule has 2 atom stereocenters. The molecule has 26 heavy (non-hydrogen) atoms. The standard InChI is InChI=1S/C21H29FN2O2/c1-13(11-20(25)26)10-19(17-7-5-4-6-14(17)2)24-21(23)16-8-9-18(22)15(3)12-16/h8-9,12-14H,4-7,10-11H2,1-3H3,(H2,23,24)(H,25,26)/b19-17-. The Balaban J connectivity index is 2.37. The third-order valence-corrected chi connectivity index (χ3v) is 5.07. The van der Waals surface area contributed by atoms with Crippen molar-refractivity contribution < 1.29 is 14.3 Å². The first-order valence-corrected chi connectivity index (χ1v) is 9.32. The second-order valence-corrected chi connectivity index (χ2v) is 7.49. The van der Waals surface area contributed by atoms with Crippen LogP contribution in [0.2, 0.25) is 0 Å². The van der Waals surface area contributed by atoms with Crippen LogP contribution in [0.4, 0.5) is 4.39 Å². The molecule has 0 spiro atoms. The van der Waals surface area contributed by atoms with Gasteiger partial charge in [-0.1, -0.05) is 20.3 Å². The second kappa shape index (κ2) is 8.97. The number of nitrogens with zero attached hydrogens (tertiary/aromatic N) is 1. The number of amidine groups is 1. The minimum Gasteiger partial charge on any atom is -0.481 e. The van der Waals surface area contributed by atoms with Gasteiger partial charge in [0.25, 0.3) is 0 Å². The molecule has 1 saturated carbocycles. The lowest BCUT2D eigenvalue weighted by molar-refractivity contribution is -0.137. The number of hydrogen-bond donors (Lipinski definition) is 2. The predicted molar refractivity (Wildman–Crippen MR) is 103 cm³/mol. The summed E-state index contributed by atoms with van der Waals surface area (Å²) < 4.78 is 13.5. The van der Waals surface area contributed by atoms with Crippen LogP contribution in [-0.4, -0.2) is 16.9 Å². The fourth-order valence-electron chi connectivity index (χ4n) is 3.58. The zero-order valence-electron chi connectivity index (χ0n) is 15.9. The Morgan fingerprint density at radius 2 is 2.12 bits per heavy atom. The SMILES string of the molecule is Cc1cc(C(N)=N/C(CC(C)CC(=O)O)=C2/CCCCC2C)ccc1F. The van der Waals surface area contributed by atoms with E-state index in [9.17, 15) is 9.18 Å². The number of aliphatic carboxylic acids is 1. The summed E-state index contributed by atoms with van der Waals surface area (Å²) in [6.07, 6.45) is 5.14. The lowest BCUT2D eigenvalue weighted by Gasteiger charge is -2.25. The molecule has 1 fully saturated rings. The Labute approximate surface area is 155 Å². The Bertz CT molecular complexity index is 725. The van der Waals surface area contributed by atoms with Crippen molar-refractivity contribution >= 4 is 11.8 Å². The van der Waals surface area contributed by atoms with Crippen molar-refractivity contribution in [3.8, 4) is 0 Å². The van der Waals surface area contributed by atoms with E-state index in [1.54, 1.807) is 19.1 Å². The summed E-state index contributed by atoms with van der Waals surface area (Å²) in [5.41, 5.74) is 9.64. The molecule has 142 valence electrons. The van der Waals surface area contributed by atoms with Crippen molar-refractivity contribution in [1.29, 1.82) is 0 Å². The zero-order valence-corrected chi connectivity index (χ0v) is 15.9. The van der Waals surface area contributed by atoms with Gasteiger partial charge in [0.1, 0.15) is 11.7 Å². The maximum atomic E-state index is 13.5. The van der Waals surface area contributed by atoms with Crippen LogP contribution < -0.4 is 5.73 Å². The number of nitrogens with two attached hydrogens (primary N) is 1. The van der Waals surface area contributed by atoms with Crippen LogP contribution in [-0.2, 0) is 4.79 Å². The monoisotopic (exact) mass is 360 g/mol. The van der Waals surface area contributed by atoms with E-state index in [1.807, 2.05) is 6.92 Å². The third-order valence-electron chi connectivity index (χ3n) is 5.07. The van der Waals surface area contributed by atoms with Crippen LogP contribution in [0.5, 0.6) is 0 Å². The first-order chi connectivity index (χ1) is 12.3. The molecule has 4 nitrogen and oxygen atoms in total. The Hall–Kier alpha value is -2.17. The first-order valence-electron chi connectivity index (χ1n) is 9.32. The number of carboxylic acids is 1. The molecule has 0 heterocycles. The average Bonchev–Trinajstić information content (AvgIpc) is 2.56. The van der Waals surface area contributed by atoms with Gasteiger partial charge in [-0.05, 0) is 73.8 Å². The molecule has 2 unspecified atom stereocenters. The fourth-order valence-corrected chi connectivity index (χ4v) is 3.58. The van der Waals surface area contributed by atoms with Crippen molar-refractivity contribution in [3.05, 3.63) is 46.4 Å². The van der Waals surface area contributed by atoms with E-state index in [4.69, 9.17) is 15.8 Å². The maximum Gasteiger partial charge on any atom is 0.303 e. The third kappa shape index (κ3) is 5.41. The smallest absolute Gasteiger partial charge is 0.303 e. The molecule has 0 bridgehead atoms. The number of rotatable bonds is 6. The molecule has 1 aromatic carbocycles. The number of hydrogen-bond acceptors (Lipinski definition) is 2. The maximum absolute atomic E-state index is 13.5. The highest BCUT2D eigenvalue weighted by Crippen LogP contribution is 2.34. The van der Waals surface area contributed by atoms with Gasteiger partial charge in [-0.2, -0.15) is 0 Å². The molecule has 0 saturated heterocycles. The minimum absolute atomic E-state index is 0.0179. The molecule has 2 rings (SSSR count). The van der Waals surface area contributed by atoms with Crippen molar-refractivity contribution in [2.45, 2.75) is 59.3 Å². The van der Waals surface area contributed by atoms with Gasteiger partial charge in [-0.15, -0.1) is 0 Å². The van der Waals surface area contributed by atoms with Crippen LogP contribution in [0.15, 0.2) is 34.5 Å². The average molecular weight is 360 g/mol. The fraction of sp³-hybridized carbons (Fsp3) is 0.524. The topological polar surface area (TPSA) is 75.7 Å². The number of carbonyl (C=O) groups is 1. The highest BCUT2D eigenvalue weighted by atomic mass is 19.1. The number of benzene rings is 1. The quantitative estimate of drug-likeness (QED) is 0.565. The van der Waals surface area contributed by atoms with Gasteiger partial charge in [-0.25, -0.2) is 9.38 Å². The number of carboxylic acid groups (broad SMARTS) is 1. The molecular weight excluding hydrogens is 331 g/mol. The predicted octanol–water partition coefficient (Wildman–Crippen LogP) is 4.80. The van der Waals surface area contributed by atoms with E-state index < -0.39 is 5.97 Å². The van der Waals surface area contributed by atoms with Gasteiger partial charge >= 0.3 is 5.97 Å². The van der Waals surface area contributed by atoms with E-state index in [2.05, 4.69) is 6.92 Å². The van der Waals surface area contributed by atoms with E-state index in [0.717, 1.165) is 25.0 Å².